The van der Waals surface area contributed by atoms with Crippen LogP contribution < -0.4 is 20.3 Å². The van der Waals surface area contributed by atoms with E-state index in [2.05, 4.69) is 15.6 Å². The van der Waals surface area contributed by atoms with Crippen molar-refractivity contribution in [3.63, 3.8) is 0 Å². The van der Waals surface area contributed by atoms with Crippen molar-refractivity contribution in [1.82, 2.24) is 10.3 Å². The molecule has 1 aliphatic carbocycles. The van der Waals surface area contributed by atoms with Gasteiger partial charge in [-0.3, -0.25) is 9.69 Å². The number of aliphatic hydroxyl groups is 1. The Morgan fingerprint density at radius 1 is 1.08 bits per heavy atom. The Kier molecular flexibility index (Phi) is 5.79. The molecule has 2 aromatic heterocycles. The zero-order chi connectivity index (χ0) is 24.6. The number of benzene rings is 2. The van der Waals surface area contributed by atoms with Gasteiger partial charge in [-0.1, -0.05) is 18.2 Å². The number of anilines is 3. The second-order valence-electron chi connectivity index (χ2n) is 8.98. The Morgan fingerprint density at radius 2 is 1.86 bits per heavy atom. The van der Waals surface area contributed by atoms with Gasteiger partial charge < -0.3 is 20.5 Å². The molecule has 3 heterocycles. The van der Waals surface area contributed by atoms with Gasteiger partial charge in [0.25, 0.3) is 5.91 Å². The molecule has 36 heavy (non-hydrogen) atoms. The van der Waals surface area contributed by atoms with Gasteiger partial charge in [-0.25, -0.2) is 9.78 Å². The molecule has 9 heteroatoms. The summed E-state index contributed by atoms with van der Waals surface area (Å²) < 4.78 is 5.87. The van der Waals surface area contributed by atoms with E-state index in [4.69, 9.17) is 4.74 Å². The van der Waals surface area contributed by atoms with Crippen LogP contribution >= 0.6 is 11.3 Å². The maximum atomic E-state index is 13.3. The fourth-order valence-corrected chi connectivity index (χ4v) is 5.86. The first kappa shape index (κ1) is 22.5. The summed E-state index contributed by atoms with van der Waals surface area (Å²) in [6.45, 7) is 0. The summed E-state index contributed by atoms with van der Waals surface area (Å²) in [5, 5.41) is 16.6. The number of hydrogen-bond donors (Lipinski definition) is 3. The lowest BCUT2D eigenvalue weighted by atomic mass is 9.93. The first-order valence-electron chi connectivity index (χ1n) is 11.9. The molecule has 0 bridgehead atoms. The number of hydrogen-bond acceptors (Lipinski definition) is 6. The third kappa shape index (κ3) is 4.16. The Balaban J connectivity index is 1.30. The maximum absolute atomic E-state index is 13.3. The molecule has 8 nitrogen and oxygen atoms in total. The quantitative estimate of drug-likeness (QED) is 0.321. The number of aromatic nitrogens is 1. The maximum Gasteiger partial charge on any atom is 0.331 e. The number of amides is 3. The molecule has 2 aliphatic rings. The summed E-state index contributed by atoms with van der Waals surface area (Å²) in [7, 11) is 0. The molecular formula is C27H24N4O4S. The van der Waals surface area contributed by atoms with Crippen LogP contribution in [0.1, 0.15) is 35.4 Å². The Bertz CT molecular complexity index is 1440. The van der Waals surface area contributed by atoms with Crippen molar-refractivity contribution < 1.29 is 19.4 Å². The van der Waals surface area contributed by atoms with E-state index in [9.17, 15) is 14.7 Å². The van der Waals surface area contributed by atoms with E-state index in [1.54, 1.807) is 17.2 Å². The molecule has 0 spiro atoms. The summed E-state index contributed by atoms with van der Waals surface area (Å²) in [5.41, 5.74) is 1.82. The summed E-state index contributed by atoms with van der Waals surface area (Å²) >= 11 is 1.26. The first-order valence-corrected chi connectivity index (χ1v) is 12.7. The lowest BCUT2D eigenvalue weighted by Gasteiger charge is -2.29. The first-order chi connectivity index (χ1) is 17.6. The molecular weight excluding hydrogens is 476 g/mol. The van der Waals surface area contributed by atoms with E-state index in [1.165, 1.54) is 11.3 Å². The van der Waals surface area contributed by atoms with Gasteiger partial charge in [-0.2, -0.15) is 0 Å². The number of nitrogens with zero attached hydrogens (tertiary/aromatic N) is 2. The van der Waals surface area contributed by atoms with Gasteiger partial charge in [0.15, 0.2) is 0 Å². The molecule has 3 amide bonds. The van der Waals surface area contributed by atoms with Crippen LogP contribution in [0.15, 0.2) is 66.9 Å². The molecule has 4 aromatic rings. The highest BCUT2D eigenvalue weighted by Crippen LogP contribution is 2.46. The van der Waals surface area contributed by atoms with Crippen LogP contribution in [0.3, 0.4) is 0 Å². The minimum absolute atomic E-state index is 0.0847. The van der Waals surface area contributed by atoms with Crippen molar-refractivity contribution >= 4 is 50.6 Å². The average Bonchev–Trinajstić information content (AvgIpc) is 3.25. The van der Waals surface area contributed by atoms with Gasteiger partial charge in [0.2, 0.25) is 0 Å². The number of urea groups is 1. The monoisotopic (exact) mass is 500 g/mol. The normalized spacial score (nSPS) is 19.1. The Morgan fingerprint density at radius 3 is 2.64 bits per heavy atom. The third-order valence-electron chi connectivity index (χ3n) is 6.51. The molecule has 2 aromatic carbocycles. The molecule has 1 saturated carbocycles. The number of rotatable bonds is 5. The van der Waals surface area contributed by atoms with Gasteiger partial charge >= 0.3 is 6.03 Å². The zero-order valence-electron chi connectivity index (χ0n) is 19.3. The van der Waals surface area contributed by atoms with Crippen LogP contribution in [0.25, 0.3) is 10.2 Å². The molecule has 6 rings (SSSR count). The predicted octanol–water partition coefficient (Wildman–Crippen LogP) is 5.81. The lowest BCUT2D eigenvalue weighted by Crippen LogP contribution is -2.40. The van der Waals surface area contributed by atoms with E-state index in [-0.39, 0.29) is 18.0 Å². The molecule has 0 radical (unpaired) electrons. The molecule has 1 aliphatic heterocycles. The smallest absolute Gasteiger partial charge is 0.331 e. The standard InChI is InChI=1S/C27H24N4O4S/c32-18-6-4-5-16(15-18)29-25(33)24-23-22-21(13-14-28-26(22)36-24)31(27(34)30-23)17-9-11-20(12-10-17)35-19-7-2-1-3-8-19/h1-3,7-14,16,18,32H,4-6,15H2,(H,29,33)(H,30,34)/t16-,18+/m0/s1. The van der Waals surface area contributed by atoms with E-state index < -0.39 is 6.10 Å². The van der Waals surface area contributed by atoms with Crippen molar-refractivity contribution in [3.8, 4) is 11.5 Å². The van der Waals surface area contributed by atoms with E-state index in [0.29, 0.717) is 38.9 Å². The molecule has 0 saturated heterocycles. The van der Waals surface area contributed by atoms with Gasteiger partial charge in [0, 0.05) is 12.2 Å². The van der Waals surface area contributed by atoms with Gasteiger partial charge in [-0.05, 0) is 68.1 Å². The highest BCUT2D eigenvalue weighted by Gasteiger charge is 2.33. The van der Waals surface area contributed by atoms with Crippen LogP contribution in [-0.4, -0.2) is 34.2 Å². The van der Waals surface area contributed by atoms with E-state index >= 15 is 0 Å². The topological polar surface area (TPSA) is 104 Å². The molecule has 0 unspecified atom stereocenters. The van der Waals surface area contributed by atoms with Crippen LogP contribution in [0.5, 0.6) is 11.5 Å². The number of pyridine rings is 1. The minimum atomic E-state index is -0.393. The fourth-order valence-electron chi connectivity index (χ4n) is 4.83. The van der Waals surface area contributed by atoms with Crippen LogP contribution in [-0.2, 0) is 0 Å². The van der Waals surface area contributed by atoms with Crippen molar-refractivity contribution in [2.45, 2.75) is 37.8 Å². The van der Waals surface area contributed by atoms with Crippen LogP contribution in [0, 0.1) is 0 Å². The fraction of sp³-hybridized carbons (Fsp3) is 0.222. The summed E-state index contributed by atoms with van der Waals surface area (Å²) in [6, 6.07) is 18.1. The van der Waals surface area contributed by atoms with Crippen LogP contribution in [0.2, 0.25) is 0 Å². The SMILES string of the molecule is O=C(N[C@H]1CCC[C@@H](O)C1)c1sc2nccc3c2c1NC(=O)N3c1ccc(Oc2ccccc2)cc1. The largest absolute Gasteiger partial charge is 0.457 e. The summed E-state index contributed by atoms with van der Waals surface area (Å²) in [5.74, 6) is 1.13. The highest BCUT2D eigenvalue weighted by molar-refractivity contribution is 7.21. The molecule has 2 atom stereocenters. The zero-order valence-corrected chi connectivity index (χ0v) is 20.1. The number of carbonyl (C=O) groups is 2. The summed E-state index contributed by atoms with van der Waals surface area (Å²) in [6.07, 6.45) is 4.26. The van der Waals surface area contributed by atoms with Crippen molar-refractivity contribution in [2.24, 2.45) is 0 Å². The Hall–Kier alpha value is -3.95. The number of nitrogens with one attached hydrogen (secondary N) is 2. The second kappa shape index (κ2) is 9.25. The molecule has 182 valence electrons. The van der Waals surface area contributed by atoms with Crippen molar-refractivity contribution in [1.29, 1.82) is 0 Å². The highest BCUT2D eigenvalue weighted by atomic mass is 32.1. The van der Waals surface area contributed by atoms with E-state index in [1.807, 2.05) is 54.6 Å². The number of ether oxygens (including phenoxy) is 1. The Labute approximate surface area is 211 Å². The number of para-hydroxylation sites is 1. The second-order valence-corrected chi connectivity index (χ2v) is 9.98. The number of carbonyl (C=O) groups excluding carboxylic acids is 2. The lowest BCUT2D eigenvalue weighted by molar-refractivity contribution is 0.0854. The average molecular weight is 501 g/mol. The minimum Gasteiger partial charge on any atom is -0.457 e. The summed E-state index contributed by atoms with van der Waals surface area (Å²) in [4.78, 5) is 33.6. The third-order valence-corrected chi connectivity index (χ3v) is 7.60. The van der Waals surface area contributed by atoms with Gasteiger partial charge in [-0.15, -0.1) is 11.3 Å². The number of thiophene rings is 1. The van der Waals surface area contributed by atoms with Gasteiger partial charge in [0.1, 0.15) is 21.2 Å². The van der Waals surface area contributed by atoms with Crippen LogP contribution in [0.4, 0.5) is 21.9 Å². The van der Waals surface area contributed by atoms with E-state index in [0.717, 1.165) is 30.4 Å². The molecule has 3 N–H and O–H groups in total. The van der Waals surface area contributed by atoms with Gasteiger partial charge in [0.05, 0.1) is 28.6 Å². The predicted molar refractivity (Wildman–Crippen MR) is 139 cm³/mol. The van der Waals surface area contributed by atoms with Crippen molar-refractivity contribution in [3.05, 3.63) is 71.7 Å². The van der Waals surface area contributed by atoms with Crippen molar-refractivity contribution in [2.75, 3.05) is 10.2 Å². The molecule has 1 fully saturated rings. The number of aliphatic hydroxyl groups excluding tert-OH is 1.